The highest BCUT2D eigenvalue weighted by Gasteiger charge is 2.26. The number of rotatable bonds is 4. The van der Waals surface area contributed by atoms with Crippen molar-refractivity contribution in [2.45, 2.75) is 45.8 Å². The van der Waals surface area contributed by atoms with Crippen LogP contribution in [0.15, 0.2) is 0 Å². The SMILES string of the molecule is CCCC(=O)C1CN(C(C)C)CCO1. The summed E-state index contributed by atoms with van der Waals surface area (Å²) in [7, 11) is 0. The van der Waals surface area contributed by atoms with Crippen LogP contribution in [-0.2, 0) is 9.53 Å². The zero-order chi connectivity index (χ0) is 10.6. The van der Waals surface area contributed by atoms with Crippen LogP contribution in [0.25, 0.3) is 0 Å². The molecule has 82 valence electrons. The Morgan fingerprint density at radius 3 is 2.86 bits per heavy atom. The molecule has 1 atom stereocenters. The molecule has 0 spiro atoms. The summed E-state index contributed by atoms with van der Waals surface area (Å²) in [5, 5.41) is 0. The molecule has 3 nitrogen and oxygen atoms in total. The number of hydrogen-bond acceptors (Lipinski definition) is 3. The van der Waals surface area contributed by atoms with Gasteiger partial charge in [0, 0.05) is 25.6 Å². The van der Waals surface area contributed by atoms with Gasteiger partial charge in [-0.05, 0) is 20.3 Å². The molecule has 0 amide bonds. The minimum atomic E-state index is -0.175. The number of Topliss-reactive ketones (excluding diaryl/α,β-unsaturated/α-hetero) is 1. The summed E-state index contributed by atoms with van der Waals surface area (Å²) in [4.78, 5) is 13.9. The molecule has 0 aromatic carbocycles. The fraction of sp³-hybridized carbons (Fsp3) is 0.909. The van der Waals surface area contributed by atoms with E-state index in [-0.39, 0.29) is 11.9 Å². The molecule has 0 bridgehead atoms. The normalized spacial score (nSPS) is 24.1. The molecular weight excluding hydrogens is 178 g/mol. The summed E-state index contributed by atoms with van der Waals surface area (Å²) < 4.78 is 5.48. The summed E-state index contributed by atoms with van der Waals surface area (Å²) in [5.41, 5.74) is 0. The second-order valence-electron chi connectivity index (χ2n) is 4.16. The van der Waals surface area contributed by atoms with Gasteiger partial charge in [0.15, 0.2) is 5.78 Å². The Labute approximate surface area is 86.4 Å². The summed E-state index contributed by atoms with van der Waals surface area (Å²) >= 11 is 0. The standard InChI is InChI=1S/C11H21NO2/c1-4-5-10(13)11-8-12(9(2)3)6-7-14-11/h9,11H,4-8H2,1-3H3. The van der Waals surface area contributed by atoms with Crippen molar-refractivity contribution in [3.8, 4) is 0 Å². The molecule has 0 aliphatic carbocycles. The van der Waals surface area contributed by atoms with E-state index in [9.17, 15) is 4.79 Å². The minimum absolute atomic E-state index is 0.175. The molecule has 0 radical (unpaired) electrons. The molecule has 1 heterocycles. The number of ketones is 1. The molecular formula is C11H21NO2. The highest BCUT2D eigenvalue weighted by Crippen LogP contribution is 2.11. The van der Waals surface area contributed by atoms with Crippen LogP contribution in [0.5, 0.6) is 0 Å². The molecule has 1 saturated heterocycles. The lowest BCUT2D eigenvalue weighted by Gasteiger charge is -2.34. The van der Waals surface area contributed by atoms with Crippen molar-refractivity contribution in [3.63, 3.8) is 0 Å². The maximum Gasteiger partial charge on any atom is 0.162 e. The molecule has 1 unspecified atom stereocenters. The van der Waals surface area contributed by atoms with Gasteiger partial charge >= 0.3 is 0 Å². The Kier molecular flexibility index (Phi) is 4.55. The number of nitrogens with zero attached hydrogens (tertiary/aromatic N) is 1. The fourth-order valence-electron chi connectivity index (χ4n) is 1.74. The van der Waals surface area contributed by atoms with Crippen LogP contribution in [0.3, 0.4) is 0 Å². The van der Waals surface area contributed by atoms with E-state index in [0.29, 0.717) is 19.1 Å². The van der Waals surface area contributed by atoms with E-state index >= 15 is 0 Å². The van der Waals surface area contributed by atoms with Gasteiger partial charge in [-0.3, -0.25) is 9.69 Å². The molecule has 3 heteroatoms. The second kappa shape index (κ2) is 5.47. The van der Waals surface area contributed by atoms with Crippen molar-refractivity contribution in [3.05, 3.63) is 0 Å². The van der Waals surface area contributed by atoms with E-state index in [1.165, 1.54) is 0 Å². The van der Waals surface area contributed by atoms with Crippen molar-refractivity contribution >= 4 is 5.78 Å². The van der Waals surface area contributed by atoms with Crippen molar-refractivity contribution in [1.29, 1.82) is 0 Å². The molecule has 1 aliphatic heterocycles. The third kappa shape index (κ3) is 3.07. The van der Waals surface area contributed by atoms with Crippen molar-refractivity contribution in [1.82, 2.24) is 4.90 Å². The quantitative estimate of drug-likeness (QED) is 0.686. The summed E-state index contributed by atoms with van der Waals surface area (Å²) in [5.74, 6) is 0.262. The fourth-order valence-corrected chi connectivity index (χ4v) is 1.74. The van der Waals surface area contributed by atoms with Gasteiger partial charge < -0.3 is 4.74 Å². The van der Waals surface area contributed by atoms with E-state index in [0.717, 1.165) is 19.5 Å². The van der Waals surface area contributed by atoms with Crippen LogP contribution in [-0.4, -0.2) is 42.5 Å². The molecule has 1 aliphatic rings. The summed E-state index contributed by atoms with van der Waals surface area (Å²) in [6.45, 7) is 8.77. The number of carbonyl (C=O) groups excluding carboxylic acids is 1. The average molecular weight is 199 g/mol. The molecule has 0 saturated carbocycles. The van der Waals surface area contributed by atoms with Gasteiger partial charge in [-0.2, -0.15) is 0 Å². The van der Waals surface area contributed by atoms with Gasteiger partial charge in [0.2, 0.25) is 0 Å². The highest BCUT2D eigenvalue weighted by atomic mass is 16.5. The van der Waals surface area contributed by atoms with Gasteiger partial charge in [0.1, 0.15) is 6.10 Å². The zero-order valence-electron chi connectivity index (χ0n) is 9.45. The van der Waals surface area contributed by atoms with Crippen molar-refractivity contribution < 1.29 is 9.53 Å². The number of carbonyl (C=O) groups is 1. The number of morpholine rings is 1. The first-order valence-corrected chi connectivity index (χ1v) is 5.53. The Balaban J connectivity index is 2.43. The van der Waals surface area contributed by atoms with E-state index in [1.54, 1.807) is 0 Å². The van der Waals surface area contributed by atoms with E-state index < -0.39 is 0 Å². The average Bonchev–Trinajstić information content (AvgIpc) is 2.18. The van der Waals surface area contributed by atoms with Crippen molar-refractivity contribution in [2.75, 3.05) is 19.7 Å². The minimum Gasteiger partial charge on any atom is -0.368 e. The lowest BCUT2D eigenvalue weighted by molar-refractivity contribution is -0.137. The first-order chi connectivity index (χ1) is 6.65. The zero-order valence-corrected chi connectivity index (χ0v) is 9.45. The van der Waals surface area contributed by atoms with Crippen LogP contribution >= 0.6 is 0 Å². The monoisotopic (exact) mass is 199 g/mol. The van der Waals surface area contributed by atoms with Gasteiger partial charge in [-0.15, -0.1) is 0 Å². The Morgan fingerprint density at radius 2 is 2.29 bits per heavy atom. The molecule has 14 heavy (non-hydrogen) atoms. The molecule has 1 fully saturated rings. The molecule has 1 rings (SSSR count). The van der Waals surface area contributed by atoms with E-state index in [4.69, 9.17) is 4.74 Å². The summed E-state index contributed by atoms with van der Waals surface area (Å²) in [6.07, 6.45) is 1.39. The van der Waals surface area contributed by atoms with Gasteiger partial charge in [-0.1, -0.05) is 6.92 Å². The molecule has 0 aromatic rings. The van der Waals surface area contributed by atoms with Crippen LogP contribution in [0.1, 0.15) is 33.6 Å². The molecule has 0 aromatic heterocycles. The largest absolute Gasteiger partial charge is 0.368 e. The van der Waals surface area contributed by atoms with Crippen LogP contribution in [0.4, 0.5) is 0 Å². The first kappa shape index (κ1) is 11.7. The maximum absolute atomic E-state index is 11.6. The third-order valence-electron chi connectivity index (χ3n) is 2.68. The maximum atomic E-state index is 11.6. The van der Waals surface area contributed by atoms with Crippen molar-refractivity contribution in [2.24, 2.45) is 0 Å². The van der Waals surface area contributed by atoms with E-state index in [2.05, 4.69) is 18.7 Å². The second-order valence-corrected chi connectivity index (χ2v) is 4.16. The Morgan fingerprint density at radius 1 is 1.57 bits per heavy atom. The predicted molar refractivity (Wildman–Crippen MR) is 56.4 cm³/mol. The Hall–Kier alpha value is -0.410. The Bertz CT molecular complexity index is 192. The van der Waals surface area contributed by atoms with E-state index in [1.807, 2.05) is 6.92 Å². The van der Waals surface area contributed by atoms with Gasteiger partial charge in [0.05, 0.1) is 6.61 Å². The van der Waals surface area contributed by atoms with Crippen LogP contribution < -0.4 is 0 Å². The number of hydrogen-bond donors (Lipinski definition) is 0. The first-order valence-electron chi connectivity index (χ1n) is 5.53. The van der Waals surface area contributed by atoms with Gasteiger partial charge in [0.25, 0.3) is 0 Å². The molecule has 0 N–H and O–H groups in total. The summed E-state index contributed by atoms with van der Waals surface area (Å²) in [6, 6.07) is 0.510. The van der Waals surface area contributed by atoms with Crippen LogP contribution in [0.2, 0.25) is 0 Å². The highest BCUT2D eigenvalue weighted by molar-refractivity contribution is 5.83. The van der Waals surface area contributed by atoms with Gasteiger partial charge in [-0.25, -0.2) is 0 Å². The number of ether oxygens (including phenoxy) is 1. The third-order valence-corrected chi connectivity index (χ3v) is 2.68. The predicted octanol–water partition coefficient (Wildman–Crippen LogP) is 1.46. The lowest BCUT2D eigenvalue weighted by Crippen LogP contribution is -2.48. The lowest BCUT2D eigenvalue weighted by atomic mass is 10.1. The van der Waals surface area contributed by atoms with Crippen LogP contribution in [0, 0.1) is 0 Å². The topological polar surface area (TPSA) is 29.5 Å². The smallest absolute Gasteiger partial charge is 0.162 e.